The highest BCUT2D eigenvalue weighted by Gasteiger charge is 2.43. The Morgan fingerprint density at radius 2 is 1.65 bits per heavy atom. The van der Waals surface area contributed by atoms with E-state index in [0.29, 0.717) is 10.6 Å². The zero-order valence-electron chi connectivity index (χ0n) is 17.6. The van der Waals surface area contributed by atoms with E-state index in [2.05, 4.69) is 0 Å². The largest absolute Gasteiger partial charge is 0.497 e. The Bertz CT molecular complexity index is 1110. The lowest BCUT2D eigenvalue weighted by Gasteiger charge is -2.41. The van der Waals surface area contributed by atoms with Crippen molar-refractivity contribution < 1.29 is 14.3 Å². The Morgan fingerprint density at radius 3 is 2.29 bits per heavy atom. The summed E-state index contributed by atoms with van der Waals surface area (Å²) in [6, 6.07) is 21.5. The van der Waals surface area contributed by atoms with Crippen molar-refractivity contribution in [3.05, 3.63) is 94.5 Å². The van der Waals surface area contributed by atoms with E-state index in [4.69, 9.17) is 16.3 Å². The van der Waals surface area contributed by atoms with Crippen LogP contribution in [0, 0.1) is 0 Å². The first-order valence-electron chi connectivity index (χ1n) is 9.95. The topological polar surface area (TPSA) is 49.9 Å². The number of carbonyl (C=O) groups is 2. The number of carbonyl (C=O) groups excluding carboxylic acids is 2. The van der Waals surface area contributed by atoms with Crippen LogP contribution in [-0.2, 0) is 4.79 Å². The van der Waals surface area contributed by atoms with Crippen molar-refractivity contribution in [1.82, 2.24) is 4.90 Å². The Morgan fingerprint density at radius 1 is 1.00 bits per heavy atom. The molecule has 6 heteroatoms. The van der Waals surface area contributed by atoms with Gasteiger partial charge in [0.25, 0.3) is 5.91 Å². The average Bonchev–Trinajstić information content (AvgIpc) is 2.81. The lowest BCUT2D eigenvalue weighted by molar-refractivity contribution is -0.121. The number of amides is 2. The first-order chi connectivity index (χ1) is 14.9. The molecule has 0 N–H and O–H groups in total. The van der Waals surface area contributed by atoms with Gasteiger partial charge < -0.3 is 14.5 Å². The van der Waals surface area contributed by atoms with Gasteiger partial charge in [0.15, 0.2) is 0 Å². The molecule has 3 aromatic carbocycles. The van der Waals surface area contributed by atoms with Crippen LogP contribution in [0.5, 0.6) is 5.75 Å². The van der Waals surface area contributed by atoms with Crippen LogP contribution in [0.25, 0.3) is 0 Å². The van der Waals surface area contributed by atoms with Crippen LogP contribution in [0.4, 0.5) is 5.69 Å². The van der Waals surface area contributed by atoms with Gasteiger partial charge in [-0.1, -0.05) is 41.9 Å². The average molecular weight is 435 g/mol. The van der Waals surface area contributed by atoms with E-state index in [1.165, 1.54) is 0 Å². The van der Waals surface area contributed by atoms with Crippen molar-refractivity contribution >= 4 is 29.1 Å². The summed E-state index contributed by atoms with van der Waals surface area (Å²) < 4.78 is 5.27. The Balaban J connectivity index is 1.82. The maximum Gasteiger partial charge on any atom is 0.254 e. The molecule has 0 saturated heterocycles. The molecular formula is C25H23ClN2O3. The van der Waals surface area contributed by atoms with Crippen molar-refractivity contribution in [2.75, 3.05) is 26.1 Å². The van der Waals surface area contributed by atoms with Gasteiger partial charge >= 0.3 is 0 Å². The molecule has 0 bridgehead atoms. The number of halogens is 1. The maximum absolute atomic E-state index is 13.8. The lowest BCUT2D eigenvalue weighted by Crippen LogP contribution is -2.46. The lowest BCUT2D eigenvalue weighted by atomic mass is 9.79. The molecule has 3 aromatic rings. The first-order valence-corrected chi connectivity index (χ1v) is 10.3. The number of methoxy groups -OCH3 is 1. The number of nitrogens with zero attached hydrogens (tertiary/aromatic N) is 2. The Kier molecular flexibility index (Phi) is 5.70. The first kappa shape index (κ1) is 20.9. The van der Waals surface area contributed by atoms with Gasteiger partial charge in [0.2, 0.25) is 5.91 Å². The molecule has 0 fully saturated rings. The Hall–Kier alpha value is -3.31. The fourth-order valence-electron chi connectivity index (χ4n) is 4.16. The minimum absolute atomic E-state index is 0.102. The molecule has 0 aliphatic carbocycles. The highest BCUT2D eigenvalue weighted by molar-refractivity contribution is 6.30. The third-order valence-electron chi connectivity index (χ3n) is 5.85. The van der Waals surface area contributed by atoms with E-state index in [1.54, 1.807) is 49.2 Å². The second-order valence-electron chi connectivity index (χ2n) is 7.57. The molecule has 31 heavy (non-hydrogen) atoms. The van der Waals surface area contributed by atoms with Crippen molar-refractivity contribution in [3.63, 3.8) is 0 Å². The summed E-state index contributed by atoms with van der Waals surface area (Å²) in [4.78, 5) is 30.2. The van der Waals surface area contributed by atoms with Gasteiger partial charge in [-0.2, -0.15) is 0 Å². The van der Waals surface area contributed by atoms with E-state index in [-0.39, 0.29) is 11.8 Å². The number of hydrogen-bond acceptors (Lipinski definition) is 3. The molecule has 0 aromatic heterocycles. The molecule has 0 spiro atoms. The smallest absolute Gasteiger partial charge is 0.254 e. The molecule has 4 rings (SSSR count). The fraction of sp³-hybridized carbons (Fsp3) is 0.200. The van der Waals surface area contributed by atoms with Crippen LogP contribution >= 0.6 is 11.6 Å². The predicted molar refractivity (Wildman–Crippen MR) is 122 cm³/mol. The van der Waals surface area contributed by atoms with Crippen molar-refractivity contribution in [2.45, 2.75) is 12.0 Å². The van der Waals surface area contributed by atoms with E-state index in [9.17, 15) is 9.59 Å². The molecule has 2 amide bonds. The zero-order valence-corrected chi connectivity index (χ0v) is 18.3. The van der Waals surface area contributed by atoms with Crippen LogP contribution in [0.3, 0.4) is 0 Å². The Labute approximate surface area is 186 Å². The highest BCUT2D eigenvalue weighted by Crippen LogP contribution is 2.43. The number of rotatable bonds is 4. The summed E-state index contributed by atoms with van der Waals surface area (Å²) in [6.07, 6.45) is 0. The van der Waals surface area contributed by atoms with Gasteiger partial charge in [0.1, 0.15) is 5.75 Å². The second kappa shape index (κ2) is 8.44. The maximum atomic E-state index is 13.8. The molecular weight excluding hydrogens is 412 g/mol. The molecule has 1 aliphatic rings. The third kappa shape index (κ3) is 3.77. The molecule has 158 valence electrons. The summed E-state index contributed by atoms with van der Waals surface area (Å²) in [6.45, 7) is 0. The molecule has 1 aliphatic heterocycles. The van der Waals surface area contributed by atoms with Crippen molar-refractivity contribution in [3.8, 4) is 5.75 Å². The molecule has 1 heterocycles. The van der Waals surface area contributed by atoms with Crippen molar-refractivity contribution in [2.24, 2.45) is 0 Å². The SMILES string of the molecule is COc1ccc(C2C(C(=O)N(C)c3ccc(Cl)cc3)c3ccccc3C(=O)N2C)cc1. The van der Waals surface area contributed by atoms with Crippen molar-refractivity contribution in [1.29, 1.82) is 0 Å². The number of fused-ring (bicyclic) bond motifs is 1. The van der Waals surface area contributed by atoms with E-state index < -0.39 is 12.0 Å². The van der Waals surface area contributed by atoms with Gasteiger partial charge in [-0.15, -0.1) is 0 Å². The minimum atomic E-state index is -0.562. The van der Waals surface area contributed by atoms with Crippen LogP contribution in [0.15, 0.2) is 72.8 Å². The van der Waals surface area contributed by atoms with Crippen LogP contribution in [0.1, 0.15) is 33.4 Å². The molecule has 0 radical (unpaired) electrons. The normalized spacial score (nSPS) is 17.8. The van der Waals surface area contributed by atoms with Gasteiger partial charge in [-0.3, -0.25) is 9.59 Å². The highest BCUT2D eigenvalue weighted by atomic mass is 35.5. The number of benzene rings is 3. The second-order valence-corrected chi connectivity index (χ2v) is 8.01. The van der Waals surface area contributed by atoms with Crippen LogP contribution in [-0.4, -0.2) is 37.9 Å². The fourth-order valence-corrected chi connectivity index (χ4v) is 4.28. The quantitative estimate of drug-likeness (QED) is 0.585. The van der Waals surface area contributed by atoms with Gasteiger partial charge in [-0.05, 0) is 53.6 Å². The number of anilines is 1. The van der Waals surface area contributed by atoms with E-state index >= 15 is 0 Å². The summed E-state index contributed by atoms with van der Waals surface area (Å²) in [5.41, 5.74) is 2.89. The molecule has 2 atom stereocenters. The number of hydrogen-bond donors (Lipinski definition) is 0. The number of likely N-dealkylation sites (N-methyl/N-ethyl adjacent to an activating group) is 2. The third-order valence-corrected chi connectivity index (χ3v) is 6.10. The monoisotopic (exact) mass is 434 g/mol. The summed E-state index contributed by atoms with van der Waals surface area (Å²) in [5.74, 6) is -0.0485. The van der Waals surface area contributed by atoms with Gasteiger partial charge in [0, 0.05) is 30.4 Å². The van der Waals surface area contributed by atoms with Crippen LogP contribution < -0.4 is 9.64 Å². The minimum Gasteiger partial charge on any atom is -0.497 e. The molecule has 0 saturated carbocycles. The predicted octanol–water partition coefficient (Wildman–Crippen LogP) is 4.92. The van der Waals surface area contributed by atoms with Gasteiger partial charge in [0.05, 0.1) is 19.1 Å². The van der Waals surface area contributed by atoms with E-state index in [1.807, 2.05) is 54.6 Å². The summed E-state index contributed by atoms with van der Waals surface area (Å²) in [7, 11) is 5.10. The summed E-state index contributed by atoms with van der Waals surface area (Å²) >= 11 is 6.02. The van der Waals surface area contributed by atoms with E-state index in [0.717, 1.165) is 22.6 Å². The standard InChI is InChI=1S/C25H23ClN2O3/c1-27(18-12-10-17(26)11-13-18)25(30)22-20-6-4-5-7-21(20)24(29)28(2)23(22)16-8-14-19(31-3)15-9-16/h4-15,22-23H,1-3H3. The van der Waals surface area contributed by atoms with Gasteiger partial charge in [-0.25, -0.2) is 0 Å². The summed E-state index contributed by atoms with van der Waals surface area (Å²) in [5, 5.41) is 0.606. The van der Waals surface area contributed by atoms with Crippen LogP contribution in [0.2, 0.25) is 5.02 Å². The molecule has 2 unspecified atom stereocenters. The number of ether oxygens (including phenoxy) is 1. The molecule has 5 nitrogen and oxygen atoms in total. The zero-order chi connectivity index (χ0) is 22.1.